The molecule has 0 radical (unpaired) electrons. The fraction of sp³-hybridized carbons (Fsp3) is 0.0667. The molecule has 1 heteroatoms. The highest BCUT2D eigenvalue weighted by Gasteiger charge is 2.16. The van der Waals surface area contributed by atoms with Gasteiger partial charge in [-0.2, -0.15) is 0 Å². The van der Waals surface area contributed by atoms with Crippen LogP contribution in [0.2, 0.25) is 0 Å². The van der Waals surface area contributed by atoms with Gasteiger partial charge in [0, 0.05) is 16.2 Å². The normalized spacial score (nSPS) is 12.8. The zero-order chi connectivity index (χ0) is 11.0. The molecule has 1 aliphatic rings. The zero-order valence-electron chi connectivity index (χ0n) is 8.94. The van der Waals surface area contributed by atoms with E-state index in [2.05, 4.69) is 49.0 Å². The van der Waals surface area contributed by atoms with Crippen LogP contribution >= 0.6 is 11.8 Å². The van der Waals surface area contributed by atoms with Crippen LogP contribution in [-0.4, -0.2) is 0 Å². The molecule has 78 valence electrons. The molecule has 16 heavy (non-hydrogen) atoms. The van der Waals surface area contributed by atoms with Gasteiger partial charge in [-0.15, -0.1) is 0 Å². The summed E-state index contributed by atoms with van der Waals surface area (Å²) in [6.45, 7) is 3.89. The lowest BCUT2D eigenvalue weighted by Crippen LogP contribution is -2.01. The number of rotatable bonds is 1. The monoisotopic (exact) mass is 224 g/mol. The van der Waals surface area contributed by atoms with Crippen LogP contribution < -0.4 is 0 Å². The third kappa shape index (κ3) is 1.48. The van der Waals surface area contributed by atoms with Gasteiger partial charge < -0.3 is 0 Å². The summed E-state index contributed by atoms with van der Waals surface area (Å²) in [5, 5.41) is 0. The average molecular weight is 224 g/mol. The van der Waals surface area contributed by atoms with Gasteiger partial charge in [0.05, 0.1) is 0 Å². The number of benzene rings is 2. The van der Waals surface area contributed by atoms with Gasteiger partial charge in [0.1, 0.15) is 0 Å². The van der Waals surface area contributed by atoms with Gasteiger partial charge in [0.2, 0.25) is 0 Å². The second-order valence-corrected chi connectivity index (χ2v) is 5.00. The van der Waals surface area contributed by atoms with Gasteiger partial charge in [-0.25, -0.2) is 0 Å². The van der Waals surface area contributed by atoms with Crippen LogP contribution in [0.1, 0.15) is 16.7 Å². The maximum absolute atomic E-state index is 3.89. The lowest BCUT2D eigenvalue weighted by molar-refractivity contribution is 1.05. The SMILES string of the molecule is C=Cc1cccc2c1Cc1ccccc1S2. The van der Waals surface area contributed by atoms with Crippen molar-refractivity contribution in [1.82, 2.24) is 0 Å². The lowest BCUT2D eigenvalue weighted by atomic mass is 9.99. The maximum atomic E-state index is 3.89. The Morgan fingerprint density at radius 2 is 1.81 bits per heavy atom. The summed E-state index contributed by atoms with van der Waals surface area (Å²) in [7, 11) is 0. The van der Waals surface area contributed by atoms with Gasteiger partial charge in [0.15, 0.2) is 0 Å². The highest BCUT2D eigenvalue weighted by Crippen LogP contribution is 2.40. The summed E-state index contributed by atoms with van der Waals surface area (Å²) < 4.78 is 0. The first kappa shape index (κ1) is 9.73. The molecule has 0 N–H and O–H groups in total. The van der Waals surface area contributed by atoms with Crippen molar-refractivity contribution in [1.29, 1.82) is 0 Å². The Morgan fingerprint density at radius 3 is 2.69 bits per heavy atom. The fourth-order valence-electron chi connectivity index (χ4n) is 2.12. The molecule has 0 fully saturated rings. The Kier molecular flexibility index (Phi) is 2.33. The Hall–Kier alpha value is -1.47. The Morgan fingerprint density at radius 1 is 1.00 bits per heavy atom. The third-order valence-corrected chi connectivity index (χ3v) is 4.17. The first-order valence-electron chi connectivity index (χ1n) is 5.38. The molecule has 2 aromatic carbocycles. The van der Waals surface area contributed by atoms with Crippen molar-refractivity contribution < 1.29 is 0 Å². The van der Waals surface area contributed by atoms with Crippen LogP contribution in [0.5, 0.6) is 0 Å². The van der Waals surface area contributed by atoms with Crippen LogP contribution in [-0.2, 0) is 6.42 Å². The first-order chi connectivity index (χ1) is 7.88. The highest BCUT2D eigenvalue weighted by atomic mass is 32.2. The largest absolute Gasteiger partial charge is 0.0985 e. The van der Waals surface area contributed by atoms with E-state index >= 15 is 0 Å². The van der Waals surface area contributed by atoms with E-state index in [1.54, 1.807) is 0 Å². The fourth-order valence-corrected chi connectivity index (χ4v) is 3.23. The molecule has 1 aliphatic heterocycles. The molecule has 0 aliphatic carbocycles. The van der Waals surface area contributed by atoms with Gasteiger partial charge in [0.25, 0.3) is 0 Å². The minimum atomic E-state index is 1.03. The van der Waals surface area contributed by atoms with Crippen molar-refractivity contribution in [3.8, 4) is 0 Å². The zero-order valence-corrected chi connectivity index (χ0v) is 9.76. The third-order valence-electron chi connectivity index (χ3n) is 2.95. The Labute approximate surface area is 100 Å². The van der Waals surface area contributed by atoms with Gasteiger partial charge in [-0.05, 0) is 28.8 Å². The predicted octanol–water partition coefficient (Wildman–Crippen LogP) is 4.39. The summed E-state index contributed by atoms with van der Waals surface area (Å²) in [6.07, 6.45) is 2.98. The second kappa shape index (κ2) is 3.84. The maximum Gasteiger partial charge on any atom is 0.0163 e. The summed E-state index contributed by atoms with van der Waals surface area (Å²) in [5.41, 5.74) is 4.11. The van der Waals surface area contributed by atoms with Crippen LogP contribution in [0.3, 0.4) is 0 Å². The summed E-state index contributed by atoms with van der Waals surface area (Å²) in [6, 6.07) is 15.1. The lowest BCUT2D eigenvalue weighted by Gasteiger charge is -2.20. The molecule has 0 amide bonds. The van der Waals surface area contributed by atoms with Crippen molar-refractivity contribution in [2.24, 2.45) is 0 Å². The molecule has 2 aromatic rings. The van der Waals surface area contributed by atoms with E-state index in [-0.39, 0.29) is 0 Å². The average Bonchev–Trinajstić information content (AvgIpc) is 2.35. The predicted molar refractivity (Wildman–Crippen MR) is 69.9 cm³/mol. The van der Waals surface area contributed by atoms with Gasteiger partial charge in [-0.3, -0.25) is 0 Å². The summed E-state index contributed by atoms with van der Waals surface area (Å²) in [4.78, 5) is 2.76. The second-order valence-electron chi connectivity index (χ2n) is 3.91. The standard InChI is InChI=1S/C15H12S/c1-2-11-7-5-9-15-13(11)10-12-6-3-4-8-14(12)16-15/h2-9H,1,10H2. The van der Waals surface area contributed by atoms with E-state index in [1.165, 1.54) is 26.5 Å². The van der Waals surface area contributed by atoms with Crippen LogP contribution in [0.25, 0.3) is 6.08 Å². The molecular weight excluding hydrogens is 212 g/mol. The molecular formula is C15H12S. The molecule has 0 aromatic heterocycles. The first-order valence-corrected chi connectivity index (χ1v) is 6.20. The molecule has 3 rings (SSSR count). The molecule has 1 heterocycles. The van der Waals surface area contributed by atoms with Crippen molar-refractivity contribution in [3.05, 3.63) is 65.7 Å². The van der Waals surface area contributed by atoms with Gasteiger partial charge >= 0.3 is 0 Å². The quantitative estimate of drug-likeness (QED) is 0.591. The van der Waals surface area contributed by atoms with E-state index in [4.69, 9.17) is 0 Å². The highest BCUT2D eigenvalue weighted by molar-refractivity contribution is 7.99. The minimum Gasteiger partial charge on any atom is -0.0985 e. The van der Waals surface area contributed by atoms with Crippen molar-refractivity contribution in [2.45, 2.75) is 16.2 Å². The van der Waals surface area contributed by atoms with Crippen molar-refractivity contribution in [2.75, 3.05) is 0 Å². The number of fused-ring (bicyclic) bond motifs is 2. The van der Waals surface area contributed by atoms with Crippen LogP contribution in [0.4, 0.5) is 0 Å². The molecule has 0 atom stereocenters. The van der Waals surface area contributed by atoms with Crippen molar-refractivity contribution in [3.63, 3.8) is 0 Å². The molecule has 0 spiro atoms. The minimum absolute atomic E-state index is 1.03. The number of hydrogen-bond acceptors (Lipinski definition) is 1. The van der Waals surface area contributed by atoms with Crippen LogP contribution in [0, 0.1) is 0 Å². The van der Waals surface area contributed by atoms with E-state index < -0.39 is 0 Å². The van der Waals surface area contributed by atoms with E-state index in [1.807, 2.05) is 17.8 Å². The van der Waals surface area contributed by atoms with E-state index in [9.17, 15) is 0 Å². The Bertz CT molecular complexity index is 555. The molecule has 0 nitrogen and oxygen atoms in total. The summed E-state index contributed by atoms with van der Waals surface area (Å²) >= 11 is 1.86. The molecule has 0 saturated heterocycles. The van der Waals surface area contributed by atoms with E-state index in [0.717, 1.165) is 6.42 Å². The van der Waals surface area contributed by atoms with E-state index in [0.29, 0.717) is 0 Å². The smallest absolute Gasteiger partial charge is 0.0163 e. The summed E-state index contributed by atoms with van der Waals surface area (Å²) in [5.74, 6) is 0. The molecule has 0 bridgehead atoms. The Balaban J connectivity index is 2.15. The van der Waals surface area contributed by atoms with Gasteiger partial charge in [-0.1, -0.05) is 54.7 Å². The number of hydrogen-bond donors (Lipinski definition) is 0. The molecule has 0 saturated carbocycles. The van der Waals surface area contributed by atoms with Crippen LogP contribution in [0.15, 0.2) is 58.8 Å². The molecule has 0 unspecified atom stereocenters. The topological polar surface area (TPSA) is 0 Å². The van der Waals surface area contributed by atoms with Crippen molar-refractivity contribution >= 4 is 17.8 Å².